The Morgan fingerprint density at radius 3 is 2.41 bits per heavy atom. The Morgan fingerprint density at radius 2 is 1.76 bits per heavy atom. The van der Waals surface area contributed by atoms with Crippen LogP contribution in [0.4, 0.5) is 13.2 Å². The van der Waals surface area contributed by atoms with Crippen molar-refractivity contribution in [3.63, 3.8) is 0 Å². The molecule has 6 nitrogen and oxygen atoms in total. The summed E-state index contributed by atoms with van der Waals surface area (Å²) in [5, 5.41) is 11.1. The molecular weight excluding hydrogens is 487 g/mol. The molecule has 37 heavy (non-hydrogen) atoms. The van der Waals surface area contributed by atoms with Crippen LogP contribution in [0.3, 0.4) is 0 Å². The Morgan fingerprint density at radius 1 is 1.05 bits per heavy atom. The molecule has 0 amide bonds. The number of ether oxygens (including phenoxy) is 2. The molecule has 0 spiro atoms. The largest absolute Gasteiger partial charge is 0.493 e. The van der Waals surface area contributed by atoms with Crippen LogP contribution in [0.25, 0.3) is 22.2 Å². The molecule has 0 aliphatic rings. The normalized spacial score (nSPS) is 12.6. The molecule has 194 valence electrons. The molecule has 1 aromatic heterocycles. The molecule has 1 atom stereocenters. The van der Waals surface area contributed by atoms with Gasteiger partial charge in [-0.05, 0) is 61.0 Å². The zero-order valence-electron chi connectivity index (χ0n) is 20.3. The number of aryl methyl sites for hydroxylation is 2. The van der Waals surface area contributed by atoms with E-state index in [4.69, 9.17) is 13.9 Å². The van der Waals surface area contributed by atoms with Crippen molar-refractivity contribution < 1.29 is 37.0 Å². The number of hydrogen-bond acceptors (Lipinski definition) is 5. The second-order valence-electron chi connectivity index (χ2n) is 8.58. The summed E-state index contributed by atoms with van der Waals surface area (Å²) in [6, 6.07) is 16.0. The number of oxazole rings is 1. The number of aliphatic carboxylic acids is 1. The van der Waals surface area contributed by atoms with Crippen molar-refractivity contribution >= 4 is 16.7 Å². The third-order valence-electron chi connectivity index (χ3n) is 6.11. The number of hydrogen-bond donors (Lipinski definition) is 1. The minimum absolute atomic E-state index is 0.235. The second kappa shape index (κ2) is 11.0. The lowest BCUT2D eigenvalue weighted by atomic mass is 9.99. The standard InChI is InChI=1S/C28H26F3NO5/c1-17-23(32-26(37-17)18-9-12-20(13-10-18)28(29,30)31)8-5-15-36-24-14-11-19(16-25(35-2)27(33)34)21-6-3-4-7-22(21)24/h3-4,6-7,9-14,25H,5,8,15-16H2,1-2H3,(H,33,34). The Hall–Kier alpha value is -3.85. The van der Waals surface area contributed by atoms with E-state index in [2.05, 4.69) is 4.98 Å². The van der Waals surface area contributed by atoms with Gasteiger partial charge >= 0.3 is 12.1 Å². The van der Waals surface area contributed by atoms with Crippen LogP contribution < -0.4 is 4.74 Å². The van der Waals surface area contributed by atoms with E-state index in [0.29, 0.717) is 36.5 Å². The van der Waals surface area contributed by atoms with Gasteiger partial charge in [-0.1, -0.05) is 30.3 Å². The van der Waals surface area contributed by atoms with Crippen LogP contribution in [0.2, 0.25) is 0 Å². The van der Waals surface area contributed by atoms with Crippen molar-refractivity contribution in [1.29, 1.82) is 0 Å². The van der Waals surface area contributed by atoms with Gasteiger partial charge in [0.05, 0.1) is 17.9 Å². The number of carboxylic acids is 1. The summed E-state index contributed by atoms with van der Waals surface area (Å²) in [4.78, 5) is 15.8. The number of carbonyl (C=O) groups is 1. The van der Waals surface area contributed by atoms with Gasteiger partial charge in [-0.2, -0.15) is 13.2 Å². The van der Waals surface area contributed by atoms with Gasteiger partial charge in [0.2, 0.25) is 5.89 Å². The predicted octanol–water partition coefficient (Wildman–Crippen LogP) is 6.48. The number of nitrogens with zero attached hydrogens (tertiary/aromatic N) is 1. The smallest absolute Gasteiger partial charge is 0.416 e. The van der Waals surface area contributed by atoms with Crippen molar-refractivity contribution in [3.8, 4) is 17.2 Å². The molecule has 1 heterocycles. The van der Waals surface area contributed by atoms with E-state index in [1.807, 2.05) is 36.4 Å². The van der Waals surface area contributed by atoms with Crippen molar-refractivity contribution in [2.45, 2.75) is 38.5 Å². The average molecular weight is 514 g/mol. The first-order chi connectivity index (χ1) is 17.7. The van der Waals surface area contributed by atoms with Crippen molar-refractivity contribution in [2.24, 2.45) is 0 Å². The number of carboxylic acid groups (broad SMARTS) is 1. The second-order valence-corrected chi connectivity index (χ2v) is 8.58. The maximum Gasteiger partial charge on any atom is 0.416 e. The molecule has 4 aromatic rings. The monoisotopic (exact) mass is 513 g/mol. The zero-order chi connectivity index (χ0) is 26.6. The number of fused-ring (bicyclic) bond motifs is 1. The molecule has 1 N–H and O–H groups in total. The minimum atomic E-state index is -4.40. The van der Waals surface area contributed by atoms with Gasteiger partial charge in [-0.15, -0.1) is 0 Å². The summed E-state index contributed by atoms with van der Waals surface area (Å²) < 4.78 is 55.2. The van der Waals surface area contributed by atoms with Gasteiger partial charge in [-0.3, -0.25) is 0 Å². The van der Waals surface area contributed by atoms with Crippen molar-refractivity contribution in [3.05, 3.63) is 83.2 Å². The average Bonchev–Trinajstić information content (AvgIpc) is 3.25. The molecule has 4 rings (SSSR count). The highest BCUT2D eigenvalue weighted by Crippen LogP contribution is 2.32. The Kier molecular flexibility index (Phi) is 7.83. The van der Waals surface area contributed by atoms with Gasteiger partial charge < -0.3 is 19.0 Å². The first kappa shape index (κ1) is 26.2. The van der Waals surface area contributed by atoms with Crippen LogP contribution >= 0.6 is 0 Å². The molecule has 0 fully saturated rings. The molecule has 0 saturated heterocycles. The molecule has 1 unspecified atom stereocenters. The van der Waals surface area contributed by atoms with Crippen LogP contribution in [-0.4, -0.2) is 35.9 Å². The molecule has 0 radical (unpaired) electrons. The van der Waals surface area contributed by atoms with Gasteiger partial charge in [0.1, 0.15) is 11.5 Å². The first-order valence-electron chi connectivity index (χ1n) is 11.7. The topological polar surface area (TPSA) is 81.8 Å². The molecular formula is C28H26F3NO5. The van der Waals surface area contributed by atoms with Gasteiger partial charge in [0.25, 0.3) is 0 Å². The summed E-state index contributed by atoms with van der Waals surface area (Å²) in [5.41, 5.74) is 1.32. The first-order valence-corrected chi connectivity index (χ1v) is 11.7. The van der Waals surface area contributed by atoms with Crippen LogP contribution in [0, 0.1) is 6.92 Å². The summed E-state index contributed by atoms with van der Waals surface area (Å²) >= 11 is 0. The van der Waals surface area contributed by atoms with E-state index in [9.17, 15) is 23.1 Å². The Balaban J connectivity index is 1.40. The summed E-state index contributed by atoms with van der Waals surface area (Å²) in [5.74, 6) is 0.553. The predicted molar refractivity (Wildman–Crippen MR) is 132 cm³/mol. The van der Waals surface area contributed by atoms with Crippen LogP contribution in [-0.2, 0) is 28.5 Å². The lowest BCUT2D eigenvalue weighted by Crippen LogP contribution is -2.24. The fourth-order valence-electron chi connectivity index (χ4n) is 4.12. The number of halogens is 3. The molecule has 3 aromatic carbocycles. The fourth-order valence-corrected chi connectivity index (χ4v) is 4.12. The van der Waals surface area contributed by atoms with Crippen LogP contribution in [0.5, 0.6) is 5.75 Å². The minimum Gasteiger partial charge on any atom is -0.493 e. The summed E-state index contributed by atoms with van der Waals surface area (Å²) in [6.45, 7) is 2.18. The number of alkyl halides is 3. The highest BCUT2D eigenvalue weighted by Gasteiger charge is 2.30. The Labute approximate surface area is 211 Å². The van der Waals surface area contributed by atoms with Crippen molar-refractivity contribution in [2.75, 3.05) is 13.7 Å². The third-order valence-corrected chi connectivity index (χ3v) is 6.11. The zero-order valence-corrected chi connectivity index (χ0v) is 20.3. The van der Waals surface area contributed by atoms with Crippen LogP contribution in [0.1, 0.15) is 29.0 Å². The highest BCUT2D eigenvalue weighted by molar-refractivity contribution is 5.91. The summed E-state index contributed by atoms with van der Waals surface area (Å²) in [7, 11) is 1.38. The van der Waals surface area contributed by atoms with Gasteiger partial charge in [0, 0.05) is 24.5 Å². The maximum absolute atomic E-state index is 12.8. The van der Waals surface area contributed by atoms with E-state index >= 15 is 0 Å². The van der Waals surface area contributed by atoms with Crippen molar-refractivity contribution in [1.82, 2.24) is 4.98 Å². The Bertz CT molecular complexity index is 1380. The molecule has 0 aliphatic heterocycles. The number of rotatable bonds is 10. The van der Waals surface area contributed by atoms with E-state index in [0.717, 1.165) is 34.2 Å². The lowest BCUT2D eigenvalue weighted by Gasteiger charge is -2.15. The molecule has 0 saturated carbocycles. The van der Waals surface area contributed by atoms with Gasteiger partial charge in [0.15, 0.2) is 6.10 Å². The van der Waals surface area contributed by atoms with E-state index in [-0.39, 0.29) is 12.3 Å². The van der Waals surface area contributed by atoms with Crippen LogP contribution in [0.15, 0.2) is 65.1 Å². The molecule has 0 aliphatic carbocycles. The summed E-state index contributed by atoms with van der Waals surface area (Å²) in [6.07, 6.45) is -3.89. The van der Waals surface area contributed by atoms with Gasteiger partial charge in [-0.25, -0.2) is 9.78 Å². The maximum atomic E-state index is 12.8. The quantitative estimate of drug-likeness (QED) is 0.245. The highest BCUT2D eigenvalue weighted by atomic mass is 19.4. The van der Waals surface area contributed by atoms with E-state index in [1.54, 1.807) is 6.92 Å². The number of aromatic nitrogens is 1. The molecule has 0 bridgehead atoms. The lowest BCUT2D eigenvalue weighted by molar-refractivity contribution is -0.148. The number of methoxy groups -OCH3 is 1. The SMILES string of the molecule is COC(Cc1ccc(OCCCc2nc(-c3ccc(C(F)(F)F)cc3)oc2C)c2ccccc12)C(=O)O. The van der Waals surface area contributed by atoms with E-state index in [1.165, 1.54) is 19.2 Å². The van der Waals surface area contributed by atoms with E-state index < -0.39 is 23.8 Å². The third kappa shape index (κ3) is 6.11. The fraction of sp³-hybridized carbons (Fsp3) is 0.286. The molecule has 9 heteroatoms. The number of benzene rings is 3.